The van der Waals surface area contributed by atoms with E-state index in [0.717, 1.165) is 29.7 Å². The zero-order valence-electron chi connectivity index (χ0n) is 10.1. The summed E-state index contributed by atoms with van der Waals surface area (Å²) in [6.45, 7) is 8.56. The molecule has 92 valence electrons. The van der Waals surface area contributed by atoms with E-state index in [0.29, 0.717) is 12.5 Å². The highest BCUT2D eigenvalue weighted by molar-refractivity contribution is 9.10. The van der Waals surface area contributed by atoms with Gasteiger partial charge >= 0.3 is 0 Å². The van der Waals surface area contributed by atoms with Crippen LogP contribution < -0.4 is 10.1 Å². The van der Waals surface area contributed by atoms with Crippen LogP contribution in [-0.2, 0) is 6.42 Å². The second kappa shape index (κ2) is 5.69. The molecule has 0 spiro atoms. The molecule has 1 unspecified atom stereocenters. The van der Waals surface area contributed by atoms with Crippen LogP contribution in [0, 0.1) is 0 Å². The van der Waals surface area contributed by atoms with Gasteiger partial charge in [0.15, 0.2) is 0 Å². The summed E-state index contributed by atoms with van der Waals surface area (Å²) < 4.78 is 6.68. The van der Waals surface area contributed by atoms with Crippen LogP contribution in [0.25, 0.3) is 0 Å². The molecule has 3 heteroatoms. The summed E-state index contributed by atoms with van der Waals surface area (Å²) in [5.74, 6) is 1.47. The fourth-order valence-corrected chi connectivity index (χ4v) is 2.67. The van der Waals surface area contributed by atoms with Crippen molar-refractivity contribution in [2.45, 2.75) is 19.3 Å². The molecule has 1 aliphatic heterocycles. The van der Waals surface area contributed by atoms with Crippen LogP contribution in [0.2, 0.25) is 0 Å². The monoisotopic (exact) mass is 295 g/mol. The minimum atomic E-state index is 0.547. The molecule has 0 fully saturated rings. The Balaban J connectivity index is 2.33. The molecule has 17 heavy (non-hydrogen) atoms. The predicted molar refractivity (Wildman–Crippen MR) is 74.8 cm³/mol. The fraction of sp³-hybridized carbons (Fsp3) is 0.429. The first-order valence-corrected chi connectivity index (χ1v) is 6.78. The molecule has 0 aliphatic carbocycles. The van der Waals surface area contributed by atoms with Gasteiger partial charge < -0.3 is 10.1 Å². The zero-order valence-corrected chi connectivity index (χ0v) is 11.7. The quantitative estimate of drug-likeness (QED) is 0.864. The van der Waals surface area contributed by atoms with Crippen molar-refractivity contribution in [3.8, 4) is 5.75 Å². The lowest BCUT2D eigenvalue weighted by Crippen LogP contribution is -2.18. The van der Waals surface area contributed by atoms with Crippen molar-refractivity contribution in [3.05, 3.63) is 40.4 Å². The summed E-state index contributed by atoms with van der Waals surface area (Å²) in [6.07, 6.45) is 2.83. The first-order chi connectivity index (χ1) is 8.22. The van der Waals surface area contributed by atoms with Crippen molar-refractivity contribution in [3.63, 3.8) is 0 Å². The SMILES string of the molecule is C=CCOc1cc2c(cc1Br)C(C)CNCC2. The van der Waals surface area contributed by atoms with Crippen LogP contribution in [0.4, 0.5) is 0 Å². The first kappa shape index (κ1) is 12.7. The number of fused-ring (bicyclic) bond motifs is 1. The number of nitrogens with one attached hydrogen (secondary N) is 1. The van der Waals surface area contributed by atoms with Gasteiger partial charge in [-0.1, -0.05) is 19.6 Å². The van der Waals surface area contributed by atoms with E-state index >= 15 is 0 Å². The Labute approximate surface area is 111 Å². The van der Waals surface area contributed by atoms with Gasteiger partial charge in [0, 0.05) is 6.54 Å². The van der Waals surface area contributed by atoms with E-state index in [1.807, 2.05) is 0 Å². The van der Waals surface area contributed by atoms with Gasteiger partial charge in [-0.25, -0.2) is 0 Å². The van der Waals surface area contributed by atoms with Crippen molar-refractivity contribution in [2.75, 3.05) is 19.7 Å². The van der Waals surface area contributed by atoms with Gasteiger partial charge in [-0.15, -0.1) is 0 Å². The van der Waals surface area contributed by atoms with Crippen molar-refractivity contribution in [2.24, 2.45) is 0 Å². The minimum Gasteiger partial charge on any atom is -0.488 e. The molecule has 1 atom stereocenters. The van der Waals surface area contributed by atoms with E-state index < -0.39 is 0 Å². The maximum atomic E-state index is 5.64. The molecule has 1 heterocycles. The summed E-state index contributed by atoms with van der Waals surface area (Å²) in [4.78, 5) is 0. The van der Waals surface area contributed by atoms with Gasteiger partial charge in [0.25, 0.3) is 0 Å². The molecule has 1 N–H and O–H groups in total. The highest BCUT2D eigenvalue weighted by atomic mass is 79.9. The molecule has 1 aromatic carbocycles. The van der Waals surface area contributed by atoms with Crippen molar-refractivity contribution in [1.82, 2.24) is 5.32 Å². The molecule has 0 amide bonds. The zero-order chi connectivity index (χ0) is 12.3. The Bertz CT molecular complexity index is 417. The molecule has 2 nitrogen and oxygen atoms in total. The fourth-order valence-electron chi connectivity index (χ4n) is 2.20. The van der Waals surface area contributed by atoms with Gasteiger partial charge in [0.2, 0.25) is 0 Å². The van der Waals surface area contributed by atoms with Crippen LogP contribution in [0.15, 0.2) is 29.3 Å². The molecule has 0 aromatic heterocycles. The van der Waals surface area contributed by atoms with Crippen molar-refractivity contribution < 1.29 is 4.74 Å². The topological polar surface area (TPSA) is 21.3 Å². The number of hydrogen-bond acceptors (Lipinski definition) is 2. The Hall–Kier alpha value is -0.800. The van der Waals surface area contributed by atoms with Gasteiger partial charge in [-0.05, 0) is 58.1 Å². The highest BCUT2D eigenvalue weighted by Gasteiger charge is 2.17. The van der Waals surface area contributed by atoms with E-state index in [-0.39, 0.29) is 0 Å². The third-order valence-corrected chi connectivity index (χ3v) is 3.72. The maximum absolute atomic E-state index is 5.64. The average Bonchev–Trinajstić information content (AvgIpc) is 2.49. The predicted octanol–water partition coefficient (Wildman–Crippen LogP) is 3.26. The molecule has 0 saturated heterocycles. The van der Waals surface area contributed by atoms with Crippen LogP contribution in [0.3, 0.4) is 0 Å². The molecule has 1 aromatic rings. The standard InChI is InChI=1S/C14H18BrNO/c1-3-6-17-14-7-11-4-5-16-9-10(2)12(11)8-13(14)15/h3,7-8,10,16H,1,4-6,9H2,2H3. The molecular formula is C14H18BrNO. The summed E-state index contributed by atoms with van der Waals surface area (Å²) in [5, 5.41) is 3.45. The number of halogens is 1. The molecule has 1 aliphatic rings. The maximum Gasteiger partial charge on any atom is 0.134 e. The van der Waals surface area contributed by atoms with Gasteiger partial charge in [0.1, 0.15) is 12.4 Å². The molecule has 2 rings (SSSR count). The smallest absolute Gasteiger partial charge is 0.134 e. The Morgan fingerprint density at radius 2 is 2.41 bits per heavy atom. The summed E-state index contributed by atoms with van der Waals surface area (Å²) >= 11 is 3.58. The van der Waals surface area contributed by atoms with Gasteiger partial charge in [0.05, 0.1) is 4.47 Å². The highest BCUT2D eigenvalue weighted by Crippen LogP contribution is 2.33. The number of rotatable bonds is 3. The van der Waals surface area contributed by atoms with E-state index in [1.165, 1.54) is 11.1 Å². The van der Waals surface area contributed by atoms with E-state index in [9.17, 15) is 0 Å². The number of ether oxygens (including phenoxy) is 1. The lowest BCUT2D eigenvalue weighted by Gasteiger charge is -2.15. The van der Waals surface area contributed by atoms with Crippen molar-refractivity contribution in [1.29, 1.82) is 0 Å². The van der Waals surface area contributed by atoms with Gasteiger partial charge in [-0.3, -0.25) is 0 Å². The summed E-state index contributed by atoms with van der Waals surface area (Å²) in [7, 11) is 0. The normalized spacial score (nSPS) is 19.3. The van der Waals surface area contributed by atoms with E-state index in [1.54, 1.807) is 6.08 Å². The first-order valence-electron chi connectivity index (χ1n) is 5.99. The van der Waals surface area contributed by atoms with Gasteiger partial charge in [-0.2, -0.15) is 0 Å². The minimum absolute atomic E-state index is 0.547. The number of benzene rings is 1. The lowest BCUT2D eigenvalue weighted by atomic mass is 9.95. The van der Waals surface area contributed by atoms with E-state index in [2.05, 4.69) is 46.9 Å². The number of hydrogen-bond donors (Lipinski definition) is 1. The van der Waals surface area contributed by atoms with Crippen LogP contribution in [0.1, 0.15) is 24.0 Å². The summed E-state index contributed by atoms with van der Waals surface area (Å²) in [5.41, 5.74) is 2.82. The van der Waals surface area contributed by atoms with Crippen LogP contribution >= 0.6 is 15.9 Å². The molecular weight excluding hydrogens is 278 g/mol. The molecule has 0 radical (unpaired) electrons. The Kier molecular flexibility index (Phi) is 4.24. The third-order valence-electron chi connectivity index (χ3n) is 3.10. The second-order valence-corrected chi connectivity index (χ2v) is 5.29. The average molecular weight is 296 g/mol. The van der Waals surface area contributed by atoms with Crippen molar-refractivity contribution >= 4 is 15.9 Å². The molecule has 0 saturated carbocycles. The van der Waals surface area contributed by atoms with E-state index in [4.69, 9.17) is 4.74 Å². The largest absolute Gasteiger partial charge is 0.488 e. The second-order valence-electron chi connectivity index (χ2n) is 4.44. The summed E-state index contributed by atoms with van der Waals surface area (Å²) in [6, 6.07) is 4.36. The third kappa shape index (κ3) is 2.90. The Morgan fingerprint density at radius 3 is 3.18 bits per heavy atom. The molecule has 0 bridgehead atoms. The Morgan fingerprint density at radius 1 is 1.59 bits per heavy atom. The lowest BCUT2D eigenvalue weighted by molar-refractivity contribution is 0.360. The van der Waals surface area contributed by atoms with Crippen LogP contribution in [0.5, 0.6) is 5.75 Å². The van der Waals surface area contributed by atoms with Crippen LogP contribution in [-0.4, -0.2) is 19.7 Å².